The molecule has 0 unspecified atom stereocenters. The van der Waals surface area contributed by atoms with E-state index in [1.807, 2.05) is 50.2 Å². The molecule has 37 heavy (non-hydrogen) atoms. The second-order valence-electron chi connectivity index (χ2n) is 9.15. The number of unbranched alkanes of at least 4 members (excludes halogenated alkanes) is 1. The van der Waals surface area contributed by atoms with E-state index in [-0.39, 0.29) is 31.3 Å². The number of carbonyl (C=O) groups is 2. The molecule has 9 heteroatoms. The van der Waals surface area contributed by atoms with Crippen molar-refractivity contribution in [3.05, 3.63) is 59.7 Å². The molecule has 0 aromatic heterocycles. The van der Waals surface area contributed by atoms with Gasteiger partial charge in [-0.15, -0.1) is 0 Å². The van der Waals surface area contributed by atoms with E-state index in [1.54, 1.807) is 31.1 Å². The van der Waals surface area contributed by atoms with Crippen LogP contribution in [-0.4, -0.2) is 57.6 Å². The van der Waals surface area contributed by atoms with Crippen molar-refractivity contribution in [2.45, 2.75) is 65.5 Å². The molecule has 204 valence electrons. The van der Waals surface area contributed by atoms with E-state index in [4.69, 9.17) is 4.74 Å². The molecule has 0 aliphatic rings. The molecule has 0 saturated heterocycles. The van der Waals surface area contributed by atoms with Crippen LogP contribution in [0.5, 0.6) is 5.75 Å². The first kappa shape index (κ1) is 30.2. The monoisotopic (exact) mass is 531 g/mol. The van der Waals surface area contributed by atoms with Crippen LogP contribution in [0.15, 0.2) is 48.5 Å². The van der Waals surface area contributed by atoms with Crippen molar-refractivity contribution in [3.8, 4) is 5.75 Å². The topological polar surface area (TPSA) is 96.0 Å². The Kier molecular flexibility index (Phi) is 11.9. The number of hydrogen-bond acceptors (Lipinski definition) is 5. The molecule has 0 spiro atoms. The van der Waals surface area contributed by atoms with Gasteiger partial charge in [0.25, 0.3) is 0 Å². The summed E-state index contributed by atoms with van der Waals surface area (Å²) in [6, 6.07) is 14.1. The van der Waals surface area contributed by atoms with E-state index in [0.29, 0.717) is 24.4 Å². The number of sulfonamides is 1. The van der Waals surface area contributed by atoms with E-state index in [1.165, 1.54) is 10.6 Å². The molecule has 0 bridgehead atoms. The normalized spacial score (nSPS) is 12.0. The molecule has 0 aliphatic carbocycles. The van der Waals surface area contributed by atoms with Crippen LogP contribution >= 0.6 is 0 Å². The predicted molar refractivity (Wildman–Crippen MR) is 148 cm³/mol. The second kappa shape index (κ2) is 14.6. The first-order valence-corrected chi connectivity index (χ1v) is 14.7. The van der Waals surface area contributed by atoms with Gasteiger partial charge in [-0.05, 0) is 61.6 Å². The van der Waals surface area contributed by atoms with Crippen molar-refractivity contribution >= 4 is 27.5 Å². The van der Waals surface area contributed by atoms with Crippen molar-refractivity contribution in [1.82, 2.24) is 10.2 Å². The lowest BCUT2D eigenvalue weighted by Crippen LogP contribution is -2.48. The molecule has 2 amide bonds. The van der Waals surface area contributed by atoms with Crippen LogP contribution in [0.2, 0.25) is 0 Å². The zero-order chi connectivity index (χ0) is 27.4. The van der Waals surface area contributed by atoms with Gasteiger partial charge in [-0.25, -0.2) is 8.42 Å². The van der Waals surface area contributed by atoms with Crippen LogP contribution in [0.1, 0.15) is 57.6 Å². The van der Waals surface area contributed by atoms with Crippen molar-refractivity contribution in [1.29, 1.82) is 0 Å². The van der Waals surface area contributed by atoms with Crippen molar-refractivity contribution in [3.63, 3.8) is 0 Å². The fourth-order valence-corrected chi connectivity index (χ4v) is 4.95. The van der Waals surface area contributed by atoms with E-state index in [0.717, 1.165) is 30.4 Å². The maximum absolute atomic E-state index is 13.4. The average molecular weight is 532 g/mol. The summed E-state index contributed by atoms with van der Waals surface area (Å²) in [5, 5.41) is 2.91. The van der Waals surface area contributed by atoms with Crippen LogP contribution in [0.25, 0.3) is 0 Å². The standard InChI is InChI=1S/C28H41N3O5S/c1-6-8-18-29-28(33)22(3)30(21-24-11-9-12-26(20-24)36-4)27(32)13-10-19-31(37(5,34)35)25-16-14-23(7-2)15-17-25/h9,11-12,14-17,20,22H,6-8,10,13,18-19,21H2,1-5H3,(H,29,33)/t22-/m0/s1. The van der Waals surface area contributed by atoms with Crippen LogP contribution in [-0.2, 0) is 32.6 Å². The average Bonchev–Trinajstić information content (AvgIpc) is 2.88. The Bertz CT molecular complexity index is 1120. The smallest absolute Gasteiger partial charge is 0.242 e. The molecule has 2 aromatic rings. The summed E-state index contributed by atoms with van der Waals surface area (Å²) in [5.41, 5.74) is 2.53. The third-order valence-corrected chi connectivity index (χ3v) is 7.46. The number of methoxy groups -OCH3 is 1. The largest absolute Gasteiger partial charge is 0.497 e. The lowest BCUT2D eigenvalue weighted by molar-refractivity contribution is -0.140. The number of carbonyl (C=O) groups excluding carboxylic acids is 2. The molecule has 2 rings (SSSR count). The lowest BCUT2D eigenvalue weighted by Gasteiger charge is -2.29. The van der Waals surface area contributed by atoms with Gasteiger partial charge in [0.1, 0.15) is 11.8 Å². The van der Waals surface area contributed by atoms with Gasteiger partial charge in [0.15, 0.2) is 0 Å². The highest BCUT2D eigenvalue weighted by molar-refractivity contribution is 7.92. The second-order valence-corrected chi connectivity index (χ2v) is 11.1. The van der Waals surface area contributed by atoms with Crippen LogP contribution in [0.4, 0.5) is 5.69 Å². The van der Waals surface area contributed by atoms with Gasteiger partial charge in [-0.1, -0.05) is 44.5 Å². The minimum atomic E-state index is -3.52. The van der Waals surface area contributed by atoms with E-state index >= 15 is 0 Å². The van der Waals surface area contributed by atoms with Gasteiger partial charge in [0, 0.05) is 26.1 Å². The summed E-state index contributed by atoms with van der Waals surface area (Å²) in [7, 11) is -1.95. The van der Waals surface area contributed by atoms with Gasteiger partial charge in [0.2, 0.25) is 21.8 Å². The quantitative estimate of drug-likeness (QED) is 0.349. The zero-order valence-corrected chi connectivity index (χ0v) is 23.5. The fraction of sp³-hybridized carbons (Fsp3) is 0.500. The number of nitrogens with zero attached hydrogens (tertiary/aromatic N) is 2. The minimum Gasteiger partial charge on any atom is -0.497 e. The van der Waals surface area contributed by atoms with Crippen molar-refractivity contribution in [2.75, 3.05) is 30.8 Å². The van der Waals surface area contributed by atoms with Crippen LogP contribution in [0, 0.1) is 0 Å². The molecule has 2 aromatic carbocycles. The number of nitrogens with one attached hydrogen (secondary N) is 1. The molecule has 1 atom stereocenters. The Morgan fingerprint density at radius 3 is 2.32 bits per heavy atom. The van der Waals surface area contributed by atoms with Gasteiger partial charge < -0.3 is 15.0 Å². The van der Waals surface area contributed by atoms with E-state index < -0.39 is 16.1 Å². The molecule has 1 N–H and O–H groups in total. The molecule has 8 nitrogen and oxygen atoms in total. The summed E-state index contributed by atoms with van der Waals surface area (Å²) >= 11 is 0. The highest BCUT2D eigenvalue weighted by atomic mass is 32.2. The summed E-state index contributed by atoms with van der Waals surface area (Å²) in [6.07, 6.45) is 4.28. The van der Waals surface area contributed by atoms with Crippen LogP contribution in [0.3, 0.4) is 0 Å². The molecule has 0 saturated carbocycles. The maximum atomic E-state index is 13.4. The molecular formula is C28H41N3O5S. The summed E-state index contributed by atoms with van der Waals surface area (Å²) in [4.78, 5) is 27.7. The summed E-state index contributed by atoms with van der Waals surface area (Å²) < 4.78 is 31.6. The maximum Gasteiger partial charge on any atom is 0.242 e. The number of rotatable bonds is 15. The number of amides is 2. The lowest BCUT2D eigenvalue weighted by atomic mass is 10.1. The molecule has 0 fully saturated rings. The number of ether oxygens (including phenoxy) is 1. The third kappa shape index (κ3) is 9.39. The highest BCUT2D eigenvalue weighted by Crippen LogP contribution is 2.21. The Morgan fingerprint density at radius 1 is 1.03 bits per heavy atom. The van der Waals surface area contributed by atoms with E-state index in [2.05, 4.69) is 5.32 Å². The van der Waals surface area contributed by atoms with Gasteiger partial charge >= 0.3 is 0 Å². The van der Waals surface area contributed by atoms with Gasteiger partial charge in [-0.3, -0.25) is 13.9 Å². The zero-order valence-electron chi connectivity index (χ0n) is 22.7. The Hall–Kier alpha value is -3.07. The van der Waals surface area contributed by atoms with Crippen molar-refractivity contribution < 1.29 is 22.7 Å². The first-order valence-electron chi connectivity index (χ1n) is 12.9. The number of anilines is 1. The molecular weight excluding hydrogens is 490 g/mol. The molecule has 0 aliphatic heterocycles. The first-order chi connectivity index (χ1) is 17.6. The molecule has 0 heterocycles. The van der Waals surface area contributed by atoms with Gasteiger partial charge in [0.05, 0.1) is 19.1 Å². The van der Waals surface area contributed by atoms with Crippen LogP contribution < -0.4 is 14.4 Å². The number of hydrogen-bond donors (Lipinski definition) is 1. The summed E-state index contributed by atoms with van der Waals surface area (Å²) in [6.45, 7) is 6.77. The van der Waals surface area contributed by atoms with E-state index in [9.17, 15) is 18.0 Å². The predicted octanol–water partition coefficient (Wildman–Crippen LogP) is 4.14. The third-order valence-electron chi connectivity index (χ3n) is 6.27. The Balaban J connectivity index is 2.16. The Labute approximate surface area is 222 Å². The fourth-order valence-electron chi connectivity index (χ4n) is 3.99. The SMILES string of the molecule is CCCCNC(=O)[C@H](C)N(Cc1cccc(OC)c1)C(=O)CCCN(c1ccc(CC)cc1)S(C)(=O)=O. The highest BCUT2D eigenvalue weighted by Gasteiger charge is 2.26. The molecule has 0 radical (unpaired) electrons. The van der Waals surface area contributed by atoms with Crippen molar-refractivity contribution in [2.24, 2.45) is 0 Å². The minimum absolute atomic E-state index is 0.107. The van der Waals surface area contributed by atoms with Gasteiger partial charge in [-0.2, -0.15) is 0 Å². The number of aryl methyl sites for hydroxylation is 1. The Morgan fingerprint density at radius 2 is 1.73 bits per heavy atom. The summed E-state index contributed by atoms with van der Waals surface area (Å²) in [5.74, 6) is 0.247. The number of benzene rings is 2.